The Kier molecular flexibility index (Phi) is 8.13. The van der Waals surface area contributed by atoms with Crippen molar-refractivity contribution in [2.75, 3.05) is 18.9 Å². The molecule has 21 heavy (non-hydrogen) atoms. The quantitative estimate of drug-likeness (QED) is 0.373. The lowest BCUT2D eigenvalue weighted by molar-refractivity contribution is -0.139. The van der Waals surface area contributed by atoms with Crippen LogP contribution in [0.25, 0.3) is 0 Å². The van der Waals surface area contributed by atoms with E-state index in [9.17, 15) is 9.59 Å². The molecule has 5 nitrogen and oxygen atoms in total. The first-order valence-electron chi connectivity index (χ1n) is 6.24. The standard InChI is InChI=1S/C13H17Br2N3O2S/c1-10(15)13(20)18(16-5-4-14)8-12(19)17(2)7-11-3-6-21-9-11/h3,5-6,9-10H,4,7-8H2,1-2H3/b16-5-. The number of rotatable bonds is 7. The molecule has 0 aliphatic rings. The van der Waals surface area contributed by atoms with Gasteiger partial charge in [-0.2, -0.15) is 16.4 Å². The fraction of sp³-hybridized carbons (Fsp3) is 0.462. The molecule has 1 unspecified atom stereocenters. The Morgan fingerprint density at radius 3 is 2.76 bits per heavy atom. The summed E-state index contributed by atoms with van der Waals surface area (Å²) in [6.07, 6.45) is 1.54. The molecule has 0 aliphatic heterocycles. The van der Waals surface area contributed by atoms with Crippen LogP contribution in [0.3, 0.4) is 0 Å². The van der Waals surface area contributed by atoms with E-state index < -0.39 is 0 Å². The van der Waals surface area contributed by atoms with Crippen LogP contribution in [0.5, 0.6) is 0 Å². The number of amides is 2. The molecule has 0 N–H and O–H groups in total. The highest BCUT2D eigenvalue weighted by Crippen LogP contribution is 2.10. The summed E-state index contributed by atoms with van der Waals surface area (Å²) in [5.74, 6) is -0.404. The van der Waals surface area contributed by atoms with Crippen molar-refractivity contribution in [1.29, 1.82) is 0 Å². The summed E-state index contributed by atoms with van der Waals surface area (Å²) in [5.41, 5.74) is 1.08. The lowest BCUT2D eigenvalue weighted by atomic mass is 10.3. The second-order valence-corrected chi connectivity index (χ2v) is 7.15. The van der Waals surface area contributed by atoms with Gasteiger partial charge in [-0.15, -0.1) is 0 Å². The first-order chi connectivity index (χ1) is 9.95. The maximum atomic E-state index is 12.2. The zero-order valence-electron chi connectivity index (χ0n) is 11.8. The largest absolute Gasteiger partial charge is 0.340 e. The maximum Gasteiger partial charge on any atom is 0.256 e. The topological polar surface area (TPSA) is 53.0 Å². The van der Waals surface area contributed by atoms with Crippen molar-refractivity contribution < 1.29 is 9.59 Å². The van der Waals surface area contributed by atoms with Crippen molar-refractivity contribution in [2.24, 2.45) is 5.10 Å². The van der Waals surface area contributed by atoms with E-state index in [4.69, 9.17) is 0 Å². The van der Waals surface area contributed by atoms with Crippen LogP contribution >= 0.6 is 43.2 Å². The molecule has 0 aromatic carbocycles. The minimum Gasteiger partial charge on any atom is -0.340 e. The molecular formula is C13H17Br2N3O2S. The number of halogens is 2. The van der Waals surface area contributed by atoms with Crippen molar-refractivity contribution in [3.8, 4) is 0 Å². The summed E-state index contributed by atoms with van der Waals surface area (Å²) in [6, 6.07) is 1.97. The number of likely N-dealkylation sites (N-methyl/N-ethyl adjacent to an activating group) is 1. The molecule has 0 radical (unpaired) electrons. The Morgan fingerprint density at radius 1 is 1.52 bits per heavy atom. The molecule has 0 saturated carbocycles. The molecule has 0 fully saturated rings. The fourth-order valence-corrected chi connectivity index (χ4v) is 2.53. The molecule has 116 valence electrons. The van der Waals surface area contributed by atoms with Crippen molar-refractivity contribution >= 4 is 61.2 Å². The van der Waals surface area contributed by atoms with E-state index in [1.165, 1.54) is 5.01 Å². The van der Waals surface area contributed by atoms with Gasteiger partial charge in [-0.25, -0.2) is 5.01 Å². The third-order valence-corrected chi connectivity index (χ3v) is 4.01. The number of nitrogens with zero attached hydrogens (tertiary/aromatic N) is 3. The highest BCUT2D eigenvalue weighted by Gasteiger charge is 2.22. The Morgan fingerprint density at radius 2 is 2.24 bits per heavy atom. The van der Waals surface area contributed by atoms with Gasteiger partial charge in [0, 0.05) is 25.1 Å². The maximum absolute atomic E-state index is 12.2. The van der Waals surface area contributed by atoms with Crippen LogP contribution in [-0.4, -0.2) is 51.7 Å². The Labute approximate surface area is 145 Å². The monoisotopic (exact) mass is 437 g/mol. The van der Waals surface area contributed by atoms with Gasteiger partial charge in [0.25, 0.3) is 5.91 Å². The number of thiophene rings is 1. The summed E-state index contributed by atoms with van der Waals surface area (Å²) in [6.45, 7) is 2.16. The van der Waals surface area contributed by atoms with E-state index in [2.05, 4.69) is 37.0 Å². The van der Waals surface area contributed by atoms with Gasteiger partial charge in [-0.05, 0) is 29.3 Å². The molecule has 1 rings (SSSR count). The smallest absolute Gasteiger partial charge is 0.256 e. The normalized spacial score (nSPS) is 12.4. The minimum atomic E-state index is -0.389. The fourth-order valence-electron chi connectivity index (χ4n) is 1.50. The predicted octanol–water partition coefficient (Wildman–Crippen LogP) is 2.70. The summed E-state index contributed by atoms with van der Waals surface area (Å²) in [4.78, 5) is 25.4. The molecule has 1 aromatic heterocycles. The van der Waals surface area contributed by atoms with E-state index in [1.807, 2.05) is 16.8 Å². The van der Waals surface area contributed by atoms with Gasteiger partial charge in [0.15, 0.2) is 0 Å². The number of hydrazone groups is 1. The van der Waals surface area contributed by atoms with Gasteiger partial charge >= 0.3 is 0 Å². The molecule has 0 saturated heterocycles. The predicted molar refractivity (Wildman–Crippen MR) is 93.2 cm³/mol. The van der Waals surface area contributed by atoms with E-state index in [0.717, 1.165) is 5.56 Å². The van der Waals surface area contributed by atoms with E-state index in [0.29, 0.717) is 11.9 Å². The summed E-state index contributed by atoms with van der Waals surface area (Å²) in [5, 5.41) is 9.69. The molecular weight excluding hydrogens is 422 g/mol. The van der Waals surface area contributed by atoms with Crippen LogP contribution in [0.2, 0.25) is 0 Å². The molecule has 2 amide bonds. The van der Waals surface area contributed by atoms with Crippen molar-refractivity contribution in [2.45, 2.75) is 18.3 Å². The molecule has 0 aliphatic carbocycles. The van der Waals surface area contributed by atoms with E-state index in [1.54, 1.807) is 36.4 Å². The van der Waals surface area contributed by atoms with Crippen LogP contribution in [0.15, 0.2) is 21.9 Å². The number of alkyl halides is 2. The highest BCUT2D eigenvalue weighted by molar-refractivity contribution is 9.10. The van der Waals surface area contributed by atoms with Gasteiger partial charge < -0.3 is 4.90 Å². The van der Waals surface area contributed by atoms with Gasteiger partial charge in [0.2, 0.25) is 5.91 Å². The van der Waals surface area contributed by atoms with Crippen LogP contribution in [0.4, 0.5) is 0 Å². The highest BCUT2D eigenvalue weighted by atomic mass is 79.9. The molecule has 1 atom stereocenters. The average molecular weight is 439 g/mol. The van der Waals surface area contributed by atoms with Crippen molar-refractivity contribution in [1.82, 2.24) is 9.91 Å². The zero-order chi connectivity index (χ0) is 15.8. The van der Waals surface area contributed by atoms with Gasteiger partial charge in [-0.3, -0.25) is 9.59 Å². The molecule has 1 aromatic rings. The van der Waals surface area contributed by atoms with Crippen LogP contribution in [0.1, 0.15) is 12.5 Å². The van der Waals surface area contributed by atoms with Crippen LogP contribution in [0, 0.1) is 0 Å². The first-order valence-corrected chi connectivity index (χ1v) is 9.22. The van der Waals surface area contributed by atoms with Crippen molar-refractivity contribution in [3.05, 3.63) is 22.4 Å². The van der Waals surface area contributed by atoms with Crippen LogP contribution in [-0.2, 0) is 16.1 Å². The Bertz CT molecular complexity index is 492. The zero-order valence-corrected chi connectivity index (χ0v) is 15.8. The third kappa shape index (κ3) is 6.27. The van der Waals surface area contributed by atoms with Crippen molar-refractivity contribution in [3.63, 3.8) is 0 Å². The molecule has 1 heterocycles. The second kappa shape index (κ2) is 9.32. The lowest BCUT2D eigenvalue weighted by Crippen LogP contribution is -2.40. The number of carbonyl (C=O) groups is 2. The molecule has 0 bridgehead atoms. The number of hydrogen-bond acceptors (Lipinski definition) is 4. The van der Waals surface area contributed by atoms with E-state index >= 15 is 0 Å². The molecule has 8 heteroatoms. The first kappa shape index (κ1) is 18.3. The number of hydrogen-bond donors (Lipinski definition) is 0. The minimum absolute atomic E-state index is 0.0705. The molecule has 0 spiro atoms. The third-order valence-electron chi connectivity index (χ3n) is 2.60. The average Bonchev–Trinajstić information content (AvgIpc) is 2.94. The second-order valence-electron chi connectivity index (χ2n) is 4.35. The van der Waals surface area contributed by atoms with Gasteiger partial charge in [0.05, 0.1) is 4.83 Å². The Hall–Kier alpha value is -0.730. The summed E-state index contributed by atoms with van der Waals surface area (Å²) < 4.78 is 0. The van der Waals surface area contributed by atoms with E-state index in [-0.39, 0.29) is 23.2 Å². The SMILES string of the molecule is CC(Br)C(=O)N(CC(=O)N(C)Cc1ccsc1)/N=C\CBr. The van der Waals surface area contributed by atoms with Crippen LogP contribution < -0.4 is 0 Å². The lowest BCUT2D eigenvalue weighted by Gasteiger charge is -2.22. The number of carbonyl (C=O) groups excluding carboxylic acids is 2. The summed E-state index contributed by atoms with van der Waals surface area (Å²) >= 11 is 8.00. The Balaban J connectivity index is 2.66. The van der Waals surface area contributed by atoms with Gasteiger partial charge in [0.1, 0.15) is 6.54 Å². The summed E-state index contributed by atoms with van der Waals surface area (Å²) in [7, 11) is 1.72. The van der Waals surface area contributed by atoms with Gasteiger partial charge in [-0.1, -0.05) is 31.9 Å².